The average Bonchev–Trinajstić information content (AvgIpc) is 3.17. The Bertz CT molecular complexity index is 776. The normalized spacial score (nSPS) is 16.4. The van der Waals surface area contributed by atoms with Crippen LogP contribution in [0.1, 0.15) is 47.2 Å². The Labute approximate surface area is 160 Å². The molecule has 0 unspecified atom stereocenters. The van der Waals surface area contributed by atoms with E-state index in [0.29, 0.717) is 6.42 Å². The largest absolute Gasteiger partial charge is 0.375 e. The van der Waals surface area contributed by atoms with Gasteiger partial charge in [0.15, 0.2) is 5.78 Å². The predicted octanol–water partition coefficient (Wildman–Crippen LogP) is 5.29. The number of likely N-dealkylation sites (tertiary alicyclic amines) is 1. The van der Waals surface area contributed by atoms with Crippen molar-refractivity contribution in [3.8, 4) is 0 Å². The molecule has 1 aliphatic carbocycles. The van der Waals surface area contributed by atoms with Crippen LogP contribution < -0.4 is 0 Å². The number of carbonyl (C=O) groups is 1. The highest BCUT2D eigenvalue weighted by Gasteiger charge is 2.26. The highest BCUT2D eigenvalue weighted by atomic mass is 79.9. The van der Waals surface area contributed by atoms with Crippen molar-refractivity contribution in [1.29, 1.82) is 0 Å². The fourth-order valence-corrected chi connectivity index (χ4v) is 4.01. The molecule has 1 aliphatic heterocycles. The number of aryl methyl sites for hydroxylation is 1. The number of hydrogen-bond donors (Lipinski definition) is 0. The molecular formula is C22H24BrNO. The number of allylic oxidation sites excluding steroid dienone is 2. The first kappa shape index (κ1) is 17.9. The van der Waals surface area contributed by atoms with Gasteiger partial charge in [-0.1, -0.05) is 54.6 Å². The van der Waals surface area contributed by atoms with E-state index < -0.39 is 0 Å². The van der Waals surface area contributed by atoms with Crippen LogP contribution >= 0.6 is 17.0 Å². The third-order valence-corrected chi connectivity index (χ3v) is 5.24. The fourth-order valence-electron chi connectivity index (χ4n) is 4.01. The Morgan fingerprint density at radius 1 is 0.880 bits per heavy atom. The van der Waals surface area contributed by atoms with Gasteiger partial charge in [0.25, 0.3) is 0 Å². The van der Waals surface area contributed by atoms with Gasteiger partial charge in [-0.3, -0.25) is 4.79 Å². The molecule has 0 amide bonds. The summed E-state index contributed by atoms with van der Waals surface area (Å²) in [5.74, 6) is 0.221. The van der Waals surface area contributed by atoms with E-state index in [9.17, 15) is 4.79 Å². The SMILES string of the molecule is Br.O=C(CC1=C(N2CCCC2)CCc2ccccc21)c1ccccc1. The van der Waals surface area contributed by atoms with Crippen molar-refractivity contribution in [2.75, 3.05) is 13.1 Å². The molecule has 2 aromatic carbocycles. The van der Waals surface area contributed by atoms with Gasteiger partial charge in [-0.25, -0.2) is 0 Å². The fraction of sp³-hybridized carbons (Fsp3) is 0.318. The molecule has 0 aromatic heterocycles. The van der Waals surface area contributed by atoms with Crippen LogP contribution in [0.4, 0.5) is 0 Å². The van der Waals surface area contributed by atoms with E-state index in [1.807, 2.05) is 30.3 Å². The molecule has 0 radical (unpaired) electrons. The number of Topliss-reactive ketones (excluding diaryl/α,β-unsaturated/α-hetero) is 1. The van der Waals surface area contributed by atoms with Crippen molar-refractivity contribution in [2.45, 2.75) is 32.1 Å². The molecule has 3 heteroatoms. The summed E-state index contributed by atoms with van der Waals surface area (Å²) in [7, 11) is 0. The first-order valence-electron chi connectivity index (χ1n) is 8.96. The molecule has 0 bridgehead atoms. The summed E-state index contributed by atoms with van der Waals surface area (Å²) in [6, 6.07) is 18.3. The van der Waals surface area contributed by atoms with Crippen LogP contribution in [0.25, 0.3) is 5.57 Å². The first-order chi connectivity index (χ1) is 11.8. The van der Waals surface area contributed by atoms with E-state index >= 15 is 0 Å². The van der Waals surface area contributed by atoms with Crippen LogP contribution in [-0.2, 0) is 6.42 Å². The van der Waals surface area contributed by atoms with Crippen molar-refractivity contribution in [3.05, 3.63) is 77.0 Å². The second kappa shape index (κ2) is 8.01. The number of benzene rings is 2. The Morgan fingerprint density at radius 3 is 2.32 bits per heavy atom. The highest BCUT2D eigenvalue weighted by Crippen LogP contribution is 2.37. The minimum absolute atomic E-state index is 0. The van der Waals surface area contributed by atoms with Crippen molar-refractivity contribution >= 4 is 28.3 Å². The van der Waals surface area contributed by atoms with Gasteiger partial charge in [-0.2, -0.15) is 0 Å². The third kappa shape index (κ3) is 3.72. The van der Waals surface area contributed by atoms with Crippen molar-refractivity contribution in [1.82, 2.24) is 4.90 Å². The lowest BCUT2D eigenvalue weighted by Crippen LogP contribution is -2.24. The monoisotopic (exact) mass is 397 g/mol. The molecule has 1 heterocycles. The number of halogens is 1. The summed E-state index contributed by atoms with van der Waals surface area (Å²) in [6.45, 7) is 2.28. The molecular weight excluding hydrogens is 374 g/mol. The van der Waals surface area contributed by atoms with E-state index in [2.05, 4.69) is 29.2 Å². The van der Waals surface area contributed by atoms with Crippen LogP contribution in [0.15, 0.2) is 60.3 Å². The summed E-state index contributed by atoms with van der Waals surface area (Å²) < 4.78 is 0. The van der Waals surface area contributed by atoms with E-state index in [0.717, 1.165) is 31.5 Å². The summed E-state index contributed by atoms with van der Waals surface area (Å²) >= 11 is 0. The quantitative estimate of drug-likeness (QED) is 0.653. The van der Waals surface area contributed by atoms with Gasteiger partial charge >= 0.3 is 0 Å². The topological polar surface area (TPSA) is 20.3 Å². The molecule has 2 aliphatic rings. The van der Waals surface area contributed by atoms with E-state index in [1.54, 1.807) is 0 Å². The average molecular weight is 398 g/mol. The molecule has 1 saturated heterocycles. The van der Waals surface area contributed by atoms with Crippen molar-refractivity contribution in [3.63, 3.8) is 0 Å². The molecule has 0 spiro atoms. The molecule has 4 rings (SSSR count). The van der Waals surface area contributed by atoms with Gasteiger partial charge in [-0.15, -0.1) is 17.0 Å². The molecule has 0 atom stereocenters. The zero-order chi connectivity index (χ0) is 16.4. The van der Waals surface area contributed by atoms with E-state index in [4.69, 9.17) is 0 Å². The molecule has 1 fully saturated rings. The van der Waals surface area contributed by atoms with Crippen LogP contribution in [0, 0.1) is 0 Å². The number of rotatable bonds is 4. The van der Waals surface area contributed by atoms with Gasteiger partial charge in [0.1, 0.15) is 0 Å². The first-order valence-corrected chi connectivity index (χ1v) is 8.96. The predicted molar refractivity (Wildman–Crippen MR) is 108 cm³/mol. The Balaban J connectivity index is 0.00000182. The van der Waals surface area contributed by atoms with Gasteiger partial charge in [0.05, 0.1) is 0 Å². The number of fused-ring (bicyclic) bond motifs is 1. The summed E-state index contributed by atoms with van der Waals surface area (Å²) in [6.07, 6.45) is 5.20. The molecule has 2 nitrogen and oxygen atoms in total. The molecule has 2 aromatic rings. The summed E-state index contributed by atoms with van der Waals surface area (Å²) in [5.41, 5.74) is 6.16. The maximum absolute atomic E-state index is 12.8. The van der Waals surface area contributed by atoms with Gasteiger partial charge in [0, 0.05) is 30.8 Å². The molecule has 0 N–H and O–H groups in total. The van der Waals surface area contributed by atoms with Crippen LogP contribution in [0.5, 0.6) is 0 Å². The minimum Gasteiger partial charge on any atom is -0.375 e. The zero-order valence-corrected chi connectivity index (χ0v) is 16.1. The summed E-state index contributed by atoms with van der Waals surface area (Å²) in [5, 5.41) is 0. The Hall–Kier alpha value is -1.87. The second-order valence-electron chi connectivity index (χ2n) is 6.74. The minimum atomic E-state index is 0. The number of hydrogen-bond acceptors (Lipinski definition) is 2. The van der Waals surface area contributed by atoms with Crippen LogP contribution in [0.3, 0.4) is 0 Å². The molecule has 0 saturated carbocycles. The lowest BCUT2D eigenvalue weighted by atomic mass is 9.85. The standard InChI is InChI=1S/C22H23NO.BrH/c24-22(18-9-2-1-3-10-18)16-20-19-11-5-4-8-17(19)12-13-21(20)23-14-6-7-15-23;/h1-5,8-11H,6-7,12-16H2;1H. The van der Waals surface area contributed by atoms with Crippen LogP contribution in [0.2, 0.25) is 0 Å². The van der Waals surface area contributed by atoms with E-state index in [1.165, 1.54) is 35.2 Å². The zero-order valence-electron chi connectivity index (χ0n) is 14.4. The van der Waals surface area contributed by atoms with Gasteiger partial charge in [-0.05, 0) is 42.4 Å². The highest BCUT2D eigenvalue weighted by molar-refractivity contribution is 8.93. The number of ketones is 1. The number of carbonyl (C=O) groups excluding carboxylic acids is 1. The Morgan fingerprint density at radius 2 is 1.56 bits per heavy atom. The lowest BCUT2D eigenvalue weighted by Gasteiger charge is -2.30. The van der Waals surface area contributed by atoms with Crippen molar-refractivity contribution in [2.24, 2.45) is 0 Å². The van der Waals surface area contributed by atoms with Crippen molar-refractivity contribution < 1.29 is 4.79 Å². The molecule has 130 valence electrons. The molecule has 25 heavy (non-hydrogen) atoms. The van der Waals surface area contributed by atoms with Crippen LogP contribution in [-0.4, -0.2) is 23.8 Å². The second-order valence-corrected chi connectivity index (χ2v) is 6.74. The Kier molecular flexibility index (Phi) is 5.74. The number of nitrogens with zero attached hydrogens (tertiary/aromatic N) is 1. The summed E-state index contributed by atoms with van der Waals surface area (Å²) in [4.78, 5) is 15.3. The third-order valence-electron chi connectivity index (χ3n) is 5.24. The van der Waals surface area contributed by atoms with E-state index in [-0.39, 0.29) is 22.8 Å². The van der Waals surface area contributed by atoms with Gasteiger partial charge in [0.2, 0.25) is 0 Å². The maximum Gasteiger partial charge on any atom is 0.167 e. The lowest BCUT2D eigenvalue weighted by molar-refractivity contribution is 0.0997. The maximum atomic E-state index is 12.8. The van der Waals surface area contributed by atoms with Gasteiger partial charge < -0.3 is 4.90 Å². The smallest absolute Gasteiger partial charge is 0.167 e.